The second kappa shape index (κ2) is 10.1. The molecule has 0 aliphatic carbocycles. The lowest BCUT2D eigenvalue weighted by Crippen LogP contribution is -2.20. The molecule has 0 saturated carbocycles. The van der Waals surface area contributed by atoms with Crippen LogP contribution in [0.5, 0.6) is 0 Å². The number of pyridine rings is 1. The zero-order chi connectivity index (χ0) is 21.5. The van der Waals surface area contributed by atoms with E-state index in [9.17, 15) is 4.79 Å². The lowest BCUT2D eigenvalue weighted by molar-refractivity contribution is -0.118. The molecule has 0 radical (unpaired) electrons. The van der Waals surface area contributed by atoms with E-state index in [1.54, 1.807) is 12.3 Å². The summed E-state index contributed by atoms with van der Waals surface area (Å²) in [6, 6.07) is 23.2. The van der Waals surface area contributed by atoms with E-state index >= 15 is 0 Å². The van der Waals surface area contributed by atoms with E-state index < -0.39 is 0 Å². The molecule has 0 bridgehead atoms. The number of nitrogens with zero attached hydrogens (tertiary/aromatic N) is 5. The van der Waals surface area contributed by atoms with E-state index in [0.717, 1.165) is 15.7 Å². The van der Waals surface area contributed by atoms with Gasteiger partial charge >= 0.3 is 0 Å². The van der Waals surface area contributed by atoms with E-state index in [1.165, 1.54) is 18.0 Å². The van der Waals surface area contributed by atoms with Gasteiger partial charge in [-0.05, 0) is 36.4 Å². The van der Waals surface area contributed by atoms with Crippen molar-refractivity contribution in [2.75, 3.05) is 5.75 Å². The molecule has 4 rings (SSSR count). The van der Waals surface area contributed by atoms with Gasteiger partial charge in [-0.15, -0.1) is 10.2 Å². The second-order valence-corrected chi connectivity index (χ2v) is 8.18. The Balaban J connectivity index is 1.51. The van der Waals surface area contributed by atoms with Gasteiger partial charge in [0.05, 0.1) is 17.7 Å². The van der Waals surface area contributed by atoms with Gasteiger partial charge in [-0.2, -0.15) is 5.10 Å². The Bertz CT molecular complexity index is 1180. The van der Waals surface area contributed by atoms with Crippen LogP contribution in [0.3, 0.4) is 0 Å². The molecule has 7 nitrogen and oxygen atoms in total. The highest BCUT2D eigenvalue weighted by Crippen LogP contribution is 2.28. The summed E-state index contributed by atoms with van der Waals surface area (Å²) in [6.07, 6.45) is 3.17. The van der Waals surface area contributed by atoms with Gasteiger partial charge < -0.3 is 0 Å². The van der Waals surface area contributed by atoms with Gasteiger partial charge in [0.25, 0.3) is 5.91 Å². The number of hydrogen-bond donors (Lipinski definition) is 1. The number of hydrazone groups is 1. The van der Waals surface area contributed by atoms with E-state index in [0.29, 0.717) is 16.7 Å². The second-order valence-electron chi connectivity index (χ2n) is 6.32. The Morgan fingerprint density at radius 1 is 1.03 bits per heavy atom. The van der Waals surface area contributed by atoms with E-state index in [4.69, 9.17) is 0 Å². The third-order valence-corrected chi connectivity index (χ3v) is 5.61. The molecule has 1 amide bonds. The summed E-state index contributed by atoms with van der Waals surface area (Å²) in [7, 11) is 0. The van der Waals surface area contributed by atoms with E-state index in [-0.39, 0.29) is 11.7 Å². The first-order chi connectivity index (χ1) is 15.2. The maximum absolute atomic E-state index is 12.2. The first kappa shape index (κ1) is 21.0. The Hall–Kier alpha value is -3.30. The van der Waals surface area contributed by atoms with Gasteiger partial charge in [0, 0.05) is 21.9 Å². The summed E-state index contributed by atoms with van der Waals surface area (Å²) in [4.78, 5) is 16.4. The molecule has 0 atom stereocenters. The molecule has 2 aromatic heterocycles. The minimum Gasteiger partial charge on any atom is -0.272 e. The third-order valence-electron chi connectivity index (χ3n) is 4.16. The molecule has 0 unspecified atom stereocenters. The van der Waals surface area contributed by atoms with Crippen molar-refractivity contribution >= 4 is 39.8 Å². The van der Waals surface area contributed by atoms with Crippen molar-refractivity contribution < 1.29 is 4.79 Å². The standard InChI is InChI=1S/C22H17BrN6OS/c23-17-9-11-19(12-10-17)29-21(16-6-2-1-3-7-16)27-28-22(29)31-15-20(30)26-25-14-18-8-4-5-13-24-18/h1-14H,15H2,(H,26,30)/b25-14-. The van der Waals surface area contributed by atoms with Gasteiger partial charge in [-0.1, -0.05) is 64.1 Å². The van der Waals surface area contributed by atoms with Crippen LogP contribution in [0, 0.1) is 0 Å². The number of thioether (sulfide) groups is 1. The molecule has 0 aliphatic rings. The number of benzene rings is 2. The number of amides is 1. The predicted molar refractivity (Wildman–Crippen MR) is 125 cm³/mol. The fourth-order valence-corrected chi connectivity index (χ4v) is 3.75. The Morgan fingerprint density at radius 3 is 2.55 bits per heavy atom. The molecule has 2 aromatic carbocycles. The monoisotopic (exact) mass is 492 g/mol. The summed E-state index contributed by atoms with van der Waals surface area (Å²) in [5.41, 5.74) is 5.02. The first-order valence-corrected chi connectivity index (χ1v) is 11.1. The molecule has 9 heteroatoms. The van der Waals surface area contributed by atoms with Crippen LogP contribution in [0.4, 0.5) is 0 Å². The van der Waals surface area contributed by atoms with Crippen LogP contribution in [0.2, 0.25) is 0 Å². The number of carbonyl (C=O) groups is 1. The molecule has 31 heavy (non-hydrogen) atoms. The molecule has 4 aromatic rings. The van der Waals surface area contributed by atoms with Crippen molar-refractivity contribution in [3.05, 3.63) is 89.2 Å². The number of aromatic nitrogens is 4. The molecule has 0 aliphatic heterocycles. The van der Waals surface area contributed by atoms with Crippen LogP contribution in [0.15, 0.2) is 93.7 Å². The number of halogens is 1. The van der Waals surface area contributed by atoms with Gasteiger partial charge in [0.15, 0.2) is 11.0 Å². The first-order valence-electron chi connectivity index (χ1n) is 9.33. The van der Waals surface area contributed by atoms with Crippen molar-refractivity contribution in [2.45, 2.75) is 5.16 Å². The lowest BCUT2D eigenvalue weighted by atomic mass is 10.2. The average molecular weight is 493 g/mol. The quantitative estimate of drug-likeness (QED) is 0.235. The molecular weight excluding hydrogens is 476 g/mol. The summed E-state index contributed by atoms with van der Waals surface area (Å²) in [5.74, 6) is 0.603. The highest BCUT2D eigenvalue weighted by molar-refractivity contribution is 9.10. The normalized spacial score (nSPS) is 11.0. The lowest BCUT2D eigenvalue weighted by Gasteiger charge is -2.10. The molecule has 1 N–H and O–H groups in total. The Morgan fingerprint density at radius 2 is 1.81 bits per heavy atom. The highest BCUT2D eigenvalue weighted by Gasteiger charge is 2.17. The fourth-order valence-electron chi connectivity index (χ4n) is 2.75. The Labute approximate surface area is 191 Å². The average Bonchev–Trinajstić information content (AvgIpc) is 3.23. The van der Waals surface area contributed by atoms with Gasteiger partial charge in [0.2, 0.25) is 0 Å². The summed E-state index contributed by atoms with van der Waals surface area (Å²) >= 11 is 4.76. The summed E-state index contributed by atoms with van der Waals surface area (Å²) in [6.45, 7) is 0. The largest absolute Gasteiger partial charge is 0.272 e. The van der Waals surface area contributed by atoms with Crippen LogP contribution in [-0.4, -0.2) is 37.6 Å². The Kier molecular flexibility index (Phi) is 6.85. The third kappa shape index (κ3) is 5.44. The topological polar surface area (TPSA) is 85.1 Å². The van der Waals surface area contributed by atoms with E-state index in [2.05, 4.69) is 41.6 Å². The van der Waals surface area contributed by atoms with Crippen molar-refractivity contribution in [2.24, 2.45) is 5.10 Å². The van der Waals surface area contributed by atoms with Gasteiger partial charge in [-0.25, -0.2) is 5.43 Å². The van der Waals surface area contributed by atoms with Gasteiger partial charge in [-0.3, -0.25) is 14.3 Å². The molecule has 0 spiro atoms. The highest BCUT2D eigenvalue weighted by atomic mass is 79.9. The minimum absolute atomic E-state index is 0.142. The summed E-state index contributed by atoms with van der Waals surface area (Å²) < 4.78 is 2.92. The zero-order valence-corrected chi connectivity index (χ0v) is 18.6. The number of hydrogen-bond acceptors (Lipinski definition) is 6. The number of carbonyl (C=O) groups excluding carboxylic acids is 1. The minimum atomic E-state index is -0.246. The molecule has 0 fully saturated rings. The van der Waals surface area contributed by atoms with Crippen molar-refractivity contribution in [1.29, 1.82) is 0 Å². The predicted octanol–water partition coefficient (Wildman–Crippen LogP) is 4.33. The van der Waals surface area contributed by atoms with Crippen LogP contribution in [-0.2, 0) is 4.79 Å². The number of nitrogens with one attached hydrogen (secondary N) is 1. The summed E-state index contributed by atoms with van der Waals surface area (Å²) in [5, 5.41) is 13.3. The molecular formula is C22H17BrN6OS. The molecule has 154 valence electrons. The SMILES string of the molecule is O=C(CSc1nnc(-c2ccccc2)n1-c1ccc(Br)cc1)N/N=C\c1ccccn1. The smallest absolute Gasteiger partial charge is 0.250 e. The van der Waals surface area contributed by atoms with Crippen molar-refractivity contribution in [3.63, 3.8) is 0 Å². The molecule has 0 saturated heterocycles. The number of rotatable bonds is 7. The maximum Gasteiger partial charge on any atom is 0.250 e. The zero-order valence-electron chi connectivity index (χ0n) is 16.2. The van der Waals surface area contributed by atoms with Crippen LogP contribution in [0.1, 0.15) is 5.69 Å². The van der Waals surface area contributed by atoms with Crippen molar-refractivity contribution in [3.8, 4) is 17.1 Å². The maximum atomic E-state index is 12.2. The fraction of sp³-hybridized carbons (Fsp3) is 0.0455. The van der Waals surface area contributed by atoms with Gasteiger partial charge in [0.1, 0.15) is 0 Å². The van der Waals surface area contributed by atoms with E-state index in [1.807, 2.05) is 71.3 Å². The van der Waals surface area contributed by atoms with Crippen LogP contribution >= 0.6 is 27.7 Å². The van der Waals surface area contributed by atoms with Crippen molar-refractivity contribution in [1.82, 2.24) is 25.2 Å². The van der Waals surface area contributed by atoms with Crippen LogP contribution in [0.25, 0.3) is 17.1 Å². The van der Waals surface area contributed by atoms with Crippen LogP contribution < -0.4 is 5.43 Å². The molecule has 2 heterocycles.